The van der Waals surface area contributed by atoms with Crippen molar-refractivity contribution >= 4 is 35.2 Å². The number of amides is 1. The van der Waals surface area contributed by atoms with E-state index in [1.165, 1.54) is 22.0 Å². The average Bonchev–Trinajstić information content (AvgIpc) is 2.90. The Hall–Kier alpha value is -2.47. The maximum atomic E-state index is 13.0. The monoisotopic (exact) mass is 414 g/mol. The van der Waals surface area contributed by atoms with Gasteiger partial charge < -0.3 is 5.32 Å². The van der Waals surface area contributed by atoms with Crippen LogP contribution in [0.1, 0.15) is 51.7 Å². The zero-order valence-electron chi connectivity index (χ0n) is 17.9. The number of hydrogen-bond acceptors (Lipinski definition) is 4. The number of nitrogens with one attached hydrogen (secondary N) is 1. The molecule has 0 bridgehead atoms. The summed E-state index contributed by atoms with van der Waals surface area (Å²) in [6, 6.07) is 7.85. The number of unbranched alkanes of at least 4 members (excludes halogenated alkanes) is 1. The van der Waals surface area contributed by atoms with Crippen molar-refractivity contribution in [2.75, 3.05) is 6.54 Å². The molecule has 2 rings (SSSR count). The average molecular weight is 415 g/mol. The first kappa shape index (κ1) is 22.8. The largest absolute Gasteiger partial charge is 0.355 e. The molecule has 1 amide bonds. The predicted octanol–water partition coefficient (Wildman–Crippen LogP) is 2.36. The van der Waals surface area contributed by atoms with Crippen LogP contribution in [0.25, 0.3) is 12.2 Å². The number of rotatable bonds is 7. The number of carbonyl (C=O) groups is 2. The van der Waals surface area contributed by atoms with Gasteiger partial charge in [-0.25, -0.2) is 0 Å². The minimum absolute atomic E-state index is 0.0824. The van der Waals surface area contributed by atoms with E-state index in [-0.39, 0.29) is 23.8 Å². The van der Waals surface area contributed by atoms with Crippen molar-refractivity contribution in [1.82, 2.24) is 9.88 Å². The van der Waals surface area contributed by atoms with Gasteiger partial charge >= 0.3 is 0 Å². The van der Waals surface area contributed by atoms with Gasteiger partial charge in [0.1, 0.15) is 11.2 Å². The lowest BCUT2D eigenvalue weighted by molar-refractivity contribution is -0.122. The Morgan fingerprint density at radius 2 is 1.97 bits per heavy atom. The van der Waals surface area contributed by atoms with Crippen molar-refractivity contribution in [3.63, 3.8) is 0 Å². The van der Waals surface area contributed by atoms with Crippen LogP contribution in [-0.4, -0.2) is 22.8 Å². The first-order chi connectivity index (χ1) is 13.6. The Morgan fingerprint density at radius 1 is 1.24 bits per heavy atom. The lowest BCUT2D eigenvalue weighted by Gasteiger charge is -2.13. The van der Waals surface area contributed by atoms with Gasteiger partial charge in [0.05, 0.1) is 4.53 Å². The van der Waals surface area contributed by atoms with Crippen LogP contribution in [0.4, 0.5) is 0 Å². The summed E-state index contributed by atoms with van der Waals surface area (Å²) in [7, 11) is 0. The van der Waals surface area contributed by atoms with Gasteiger partial charge in [0.15, 0.2) is 5.78 Å². The summed E-state index contributed by atoms with van der Waals surface area (Å²) in [6.07, 6.45) is 5.16. The zero-order chi connectivity index (χ0) is 21.6. The molecule has 29 heavy (non-hydrogen) atoms. The molecule has 0 saturated heterocycles. The Bertz CT molecular complexity index is 1060. The molecular formula is C23H30N2O3S. The van der Waals surface area contributed by atoms with E-state index in [1.807, 2.05) is 65.0 Å². The molecule has 2 aromatic rings. The summed E-state index contributed by atoms with van der Waals surface area (Å²) >= 11 is 1.24. The maximum absolute atomic E-state index is 13.0. The van der Waals surface area contributed by atoms with Crippen molar-refractivity contribution in [3.05, 3.63) is 54.9 Å². The Morgan fingerprint density at radius 3 is 2.59 bits per heavy atom. The van der Waals surface area contributed by atoms with Gasteiger partial charge in [-0.2, -0.15) is 0 Å². The summed E-state index contributed by atoms with van der Waals surface area (Å²) in [4.78, 5) is 37.8. The molecule has 5 nitrogen and oxygen atoms in total. The number of Topliss-reactive ketones (excluding diaryl/α,β-unsaturated/α-hetero) is 1. The number of benzene rings is 1. The quantitative estimate of drug-likeness (QED) is 0.707. The summed E-state index contributed by atoms with van der Waals surface area (Å²) in [6.45, 7) is 10.0. The fourth-order valence-corrected chi connectivity index (χ4v) is 3.68. The molecule has 156 valence electrons. The topological polar surface area (TPSA) is 68.2 Å². The molecule has 0 atom stereocenters. The number of thiazole rings is 1. The predicted molar refractivity (Wildman–Crippen MR) is 119 cm³/mol. The number of nitrogens with zero attached hydrogens (tertiary/aromatic N) is 1. The van der Waals surface area contributed by atoms with E-state index in [9.17, 15) is 14.4 Å². The summed E-state index contributed by atoms with van der Waals surface area (Å²) in [5.41, 5.74) is 1.20. The Labute approximate surface area is 175 Å². The van der Waals surface area contributed by atoms with Gasteiger partial charge in [-0.1, -0.05) is 63.9 Å². The fourth-order valence-electron chi connectivity index (χ4n) is 2.64. The molecule has 0 fully saturated rings. The van der Waals surface area contributed by atoms with Crippen LogP contribution in [-0.2, 0) is 16.1 Å². The number of ketones is 1. The molecule has 0 aliphatic carbocycles. The molecule has 6 heteroatoms. The van der Waals surface area contributed by atoms with Crippen LogP contribution < -0.4 is 20.1 Å². The third-order valence-corrected chi connectivity index (χ3v) is 5.48. The van der Waals surface area contributed by atoms with Crippen molar-refractivity contribution in [2.24, 2.45) is 5.41 Å². The molecule has 1 aromatic carbocycles. The highest BCUT2D eigenvalue weighted by atomic mass is 32.1. The molecule has 1 heterocycles. The van der Waals surface area contributed by atoms with Gasteiger partial charge in [-0.3, -0.25) is 19.0 Å². The van der Waals surface area contributed by atoms with E-state index < -0.39 is 5.41 Å². The first-order valence-corrected chi connectivity index (χ1v) is 10.7. The van der Waals surface area contributed by atoms with Crippen LogP contribution in [0.3, 0.4) is 0 Å². The van der Waals surface area contributed by atoms with E-state index >= 15 is 0 Å². The lowest BCUT2D eigenvalue weighted by atomic mass is 9.91. The smallest absolute Gasteiger partial charge is 0.269 e. The zero-order valence-corrected chi connectivity index (χ0v) is 18.7. The van der Waals surface area contributed by atoms with Crippen molar-refractivity contribution in [3.8, 4) is 0 Å². The highest BCUT2D eigenvalue weighted by molar-refractivity contribution is 7.07. The van der Waals surface area contributed by atoms with Crippen LogP contribution in [0.2, 0.25) is 0 Å². The van der Waals surface area contributed by atoms with Crippen LogP contribution in [0, 0.1) is 12.3 Å². The van der Waals surface area contributed by atoms with E-state index in [4.69, 9.17) is 0 Å². The Kier molecular flexibility index (Phi) is 7.73. The second kappa shape index (κ2) is 9.83. The van der Waals surface area contributed by atoms with Gasteiger partial charge in [-0.15, -0.1) is 11.3 Å². The fraction of sp³-hybridized carbons (Fsp3) is 0.435. The number of aromatic nitrogens is 1. The van der Waals surface area contributed by atoms with Gasteiger partial charge in [0.2, 0.25) is 5.91 Å². The molecular weight excluding hydrogens is 384 g/mol. The summed E-state index contributed by atoms with van der Waals surface area (Å²) in [5, 5.41) is 2.83. The second-order valence-corrected chi connectivity index (χ2v) is 9.28. The molecule has 1 N–H and O–H groups in total. The summed E-state index contributed by atoms with van der Waals surface area (Å²) < 4.78 is 2.40. The van der Waals surface area contributed by atoms with E-state index in [2.05, 4.69) is 5.32 Å². The highest BCUT2D eigenvalue weighted by Crippen LogP contribution is 2.14. The van der Waals surface area contributed by atoms with Crippen LogP contribution in [0.5, 0.6) is 0 Å². The maximum Gasteiger partial charge on any atom is 0.269 e. The van der Waals surface area contributed by atoms with Crippen molar-refractivity contribution in [1.29, 1.82) is 0 Å². The molecule has 0 saturated carbocycles. The standard InChI is InChI=1S/C23H30N2O3S/c1-6-7-11-24-20(27)15-25-21(14-19(26)23(3,4)5)29-18(22(25)28)13-17-10-8-9-16(2)12-17/h8-10,12-14H,6-7,11,15H2,1-5H3,(H,24,27)/b18-13+,21-14-. The normalized spacial score (nSPS) is 13.0. The molecule has 0 aliphatic rings. The number of carbonyl (C=O) groups excluding carboxylic acids is 2. The first-order valence-electron chi connectivity index (χ1n) is 9.92. The Balaban J connectivity index is 2.53. The minimum Gasteiger partial charge on any atom is -0.355 e. The third-order valence-electron chi connectivity index (χ3n) is 4.42. The van der Waals surface area contributed by atoms with Gasteiger partial charge in [-0.05, 0) is 25.0 Å². The van der Waals surface area contributed by atoms with Crippen molar-refractivity contribution in [2.45, 2.75) is 54.0 Å². The third kappa shape index (κ3) is 6.53. The van der Waals surface area contributed by atoms with Gasteiger partial charge in [0.25, 0.3) is 5.56 Å². The summed E-state index contributed by atoms with van der Waals surface area (Å²) in [5.74, 6) is -0.306. The van der Waals surface area contributed by atoms with Gasteiger partial charge in [0, 0.05) is 18.0 Å². The van der Waals surface area contributed by atoms with E-state index in [1.54, 1.807) is 0 Å². The SMILES string of the molecule is CCCCNC(=O)Cn1c(=O)/c(=C\c2cccc(C)c2)s/c1=C\C(=O)C(C)(C)C. The van der Waals surface area contributed by atoms with Crippen LogP contribution >= 0.6 is 11.3 Å². The lowest BCUT2D eigenvalue weighted by Crippen LogP contribution is -2.38. The minimum atomic E-state index is -0.561. The molecule has 0 radical (unpaired) electrons. The highest BCUT2D eigenvalue weighted by Gasteiger charge is 2.20. The molecule has 0 aliphatic heterocycles. The van der Waals surface area contributed by atoms with Crippen LogP contribution in [0.15, 0.2) is 29.1 Å². The van der Waals surface area contributed by atoms with E-state index in [0.29, 0.717) is 15.7 Å². The second-order valence-electron chi connectivity index (χ2n) is 8.22. The van der Waals surface area contributed by atoms with E-state index in [0.717, 1.165) is 24.0 Å². The van der Waals surface area contributed by atoms with Crippen molar-refractivity contribution < 1.29 is 9.59 Å². The molecule has 0 spiro atoms. The molecule has 1 aromatic heterocycles. The number of hydrogen-bond donors (Lipinski definition) is 1. The molecule has 0 unspecified atom stereocenters. The number of aryl methyl sites for hydroxylation is 1.